The van der Waals surface area contributed by atoms with Crippen molar-refractivity contribution in [3.8, 4) is 0 Å². The highest BCUT2D eigenvalue weighted by atomic mass is 35.5. The van der Waals surface area contributed by atoms with E-state index >= 15 is 8.78 Å². The second kappa shape index (κ2) is 15.8. The van der Waals surface area contributed by atoms with Crippen molar-refractivity contribution in [1.82, 2.24) is 29.7 Å². The number of amides is 3. The summed E-state index contributed by atoms with van der Waals surface area (Å²) in [5.74, 6) is -4.44. The quantitative estimate of drug-likeness (QED) is 0.205. The minimum Gasteiger partial charge on any atom is -0.385 e. The minimum atomic E-state index is -2.78. The van der Waals surface area contributed by atoms with Crippen LogP contribution in [0.4, 0.5) is 37.3 Å². The molecule has 2 atom stereocenters. The first-order valence-corrected chi connectivity index (χ1v) is 21.1. The van der Waals surface area contributed by atoms with E-state index in [0.29, 0.717) is 74.2 Å². The number of hydrogen-bond acceptors (Lipinski definition) is 11. The third-order valence-electron chi connectivity index (χ3n) is 13.2. The first-order valence-electron chi connectivity index (χ1n) is 20.7. The van der Waals surface area contributed by atoms with Gasteiger partial charge in [0.2, 0.25) is 11.8 Å². The fourth-order valence-corrected chi connectivity index (χ4v) is 10.1. The molecule has 4 N–H and O–H groups in total. The Bertz CT molecular complexity index is 2270. The monoisotopic (exact) mass is 829 g/mol. The van der Waals surface area contributed by atoms with E-state index in [4.69, 9.17) is 22.4 Å². The molecule has 5 aliphatic heterocycles. The number of likely N-dealkylation sites (tertiary alicyclic amines) is 1. The average molecular weight is 830 g/mol. The molecule has 4 saturated heterocycles. The van der Waals surface area contributed by atoms with Gasteiger partial charge in [-0.15, -0.1) is 5.10 Å². The second-order valence-corrected chi connectivity index (χ2v) is 16.9. The molecule has 2 unspecified atom stereocenters. The number of imidazole rings is 1. The number of hydrogen-bond donors (Lipinski definition) is 3. The lowest BCUT2D eigenvalue weighted by Gasteiger charge is -2.46. The van der Waals surface area contributed by atoms with Gasteiger partial charge in [0.25, 0.3) is 11.8 Å². The van der Waals surface area contributed by atoms with Gasteiger partial charge in [-0.05, 0) is 74.5 Å². The van der Waals surface area contributed by atoms with Crippen LogP contribution in [0.15, 0.2) is 48.7 Å². The Morgan fingerprint density at radius 3 is 2.46 bits per heavy atom. The summed E-state index contributed by atoms with van der Waals surface area (Å²) in [6.07, 6.45) is 5.09. The molecule has 0 radical (unpaired) electrons. The van der Waals surface area contributed by atoms with Crippen LogP contribution in [-0.4, -0.2) is 127 Å². The normalized spacial score (nSPS) is 23.2. The van der Waals surface area contributed by atoms with E-state index < -0.39 is 23.7 Å². The summed E-state index contributed by atoms with van der Waals surface area (Å²) in [6.45, 7) is 5.90. The van der Waals surface area contributed by atoms with Gasteiger partial charge in [-0.3, -0.25) is 29.5 Å². The predicted octanol–water partition coefficient (Wildman–Crippen LogP) is 4.49. The van der Waals surface area contributed by atoms with Gasteiger partial charge >= 0.3 is 0 Å². The zero-order valence-electron chi connectivity index (χ0n) is 33.2. The number of anilines is 5. The van der Waals surface area contributed by atoms with E-state index in [1.807, 2.05) is 23.1 Å². The number of nitrogens with one attached hydrogen (secondary N) is 2. The lowest BCUT2D eigenvalue weighted by Crippen LogP contribution is -2.57. The van der Waals surface area contributed by atoms with Gasteiger partial charge in [0, 0.05) is 112 Å². The first kappa shape index (κ1) is 39.4. The fourth-order valence-electron chi connectivity index (χ4n) is 9.90. The van der Waals surface area contributed by atoms with Crippen LogP contribution in [-0.2, 0) is 16.0 Å². The maximum atomic E-state index is 15.9. The molecular formula is C42H50ClF2N11O3. The lowest BCUT2D eigenvalue weighted by molar-refractivity contribution is -0.134. The van der Waals surface area contributed by atoms with Crippen LogP contribution in [0.1, 0.15) is 59.6 Å². The number of benzene rings is 2. The van der Waals surface area contributed by atoms with E-state index in [9.17, 15) is 14.4 Å². The van der Waals surface area contributed by atoms with Crippen molar-refractivity contribution < 1.29 is 23.2 Å². The van der Waals surface area contributed by atoms with Crippen molar-refractivity contribution in [2.75, 3.05) is 92.5 Å². The number of carbonyl (C=O) groups is 3. The van der Waals surface area contributed by atoms with Crippen LogP contribution in [0.2, 0.25) is 5.02 Å². The molecule has 2 aromatic carbocycles. The average Bonchev–Trinajstić information content (AvgIpc) is 3.87. The lowest BCUT2D eigenvalue weighted by atomic mass is 9.89. The van der Waals surface area contributed by atoms with Crippen LogP contribution in [0, 0.1) is 5.92 Å². The van der Waals surface area contributed by atoms with Crippen LogP contribution < -0.4 is 31.1 Å². The van der Waals surface area contributed by atoms with Crippen molar-refractivity contribution in [2.24, 2.45) is 11.7 Å². The number of primary amides is 1. The van der Waals surface area contributed by atoms with Crippen molar-refractivity contribution in [2.45, 2.75) is 56.4 Å². The van der Waals surface area contributed by atoms with E-state index in [1.54, 1.807) is 13.1 Å². The standard InChI is InChI=1S/C42H50ClF2N11O3/c1-47-33-22-37(50-56-36(39(46)58)23-48-40(33)56)55-16-12-30-34(3-2-4-35(30)55)53-14-10-27(11-15-53)54-13-9-26(42(44,45)25-54)24-51-17-19-52(20-18-51)28-5-7-32(43)31(21-28)29-6-8-38(57)49-41(29)59/h2-5,7,21-23,26-27,29,47H,6,8-20,24-25H2,1H3,(H2,46,58)(H,49,57,59). The van der Waals surface area contributed by atoms with Gasteiger partial charge in [-0.25, -0.2) is 18.3 Å². The molecule has 0 aliphatic carbocycles. The van der Waals surface area contributed by atoms with Gasteiger partial charge in [-0.1, -0.05) is 17.7 Å². The Kier molecular flexibility index (Phi) is 10.6. The number of aromatic nitrogens is 3. The summed E-state index contributed by atoms with van der Waals surface area (Å²) in [7, 11) is 1.80. The fraction of sp³-hybridized carbons (Fsp3) is 0.500. The minimum absolute atomic E-state index is 0.116. The number of halogens is 3. The Hall–Kier alpha value is -5.06. The van der Waals surface area contributed by atoms with Gasteiger partial charge in [0.15, 0.2) is 11.5 Å². The van der Waals surface area contributed by atoms with E-state index in [-0.39, 0.29) is 36.5 Å². The van der Waals surface area contributed by atoms with E-state index in [2.05, 4.69) is 53.4 Å². The van der Waals surface area contributed by atoms with Crippen molar-refractivity contribution in [1.29, 1.82) is 0 Å². The molecule has 5 aliphatic rings. The maximum absolute atomic E-state index is 15.9. The van der Waals surface area contributed by atoms with Gasteiger partial charge < -0.3 is 25.8 Å². The highest BCUT2D eigenvalue weighted by Crippen LogP contribution is 2.42. The zero-order chi connectivity index (χ0) is 41.0. The topological polar surface area (TPSA) is 148 Å². The van der Waals surface area contributed by atoms with Crippen LogP contribution >= 0.6 is 11.6 Å². The third kappa shape index (κ3) is 7.54. The molecule has 17 heteroatoms. The molecule has 4 fully saturated rings. The van der Waals surface area contributed by atoms with Gasteiger partial charge in [0.1, 0.15) is 5.69 Å². The summed E-state index contributed by atoms with van der Waals surface area (Å²) in [5.41, 5.74) is 12.2. The van der Waals surface area contributed by atoms with Crippen molar-refractivity contribution in [3.05, 3.63) is 70.5 Å². The number of piperazine rings is 1. The highest BCUT2D eigenvalue weighted by molar-refractivity contribution is 6.31. The summed E-state index contributed by atoms with van der Waals surface area (Å²) < 4.78 is 33.4. The van der Waals surface area contributed by atoms with Gasteiger partial charge in [-0.2, -0.15) is 0 Å². The number of piperidine rings is 3. The number of imide groups is 1. The molecule has 2 aromatic heterocycles. The maximum Gasteiger partial charge on any atom is 0.269 e. The van der Waals surface area contributed by atoms with E-state index in [0.717, 1.165) is 56.0 Å². The highest BCUT2D eigenvalue weighted by Gasteiger charge is 2.47. The SMILES string of the molecule is CNc1cc(N2CCc3c(N4CCC(N5CCC(CN6CCN(c7ccc(Cl)c(C8CCC(=O)NC8=O)c7)CC6)C(F)(F)C5)CC4)cccc32)nn2c(C(N)=O)cnc12. The molecule has 0 spiro atoms. The van der Waals surface area contributed by atoms with Crippen LogP contribution in [0.5, 0.6) is 0 Å². The number of rotatable bonds is 9. The Morgan fingerprint density at radius 2 is 1.73 bits per heavy atom. The molecule has 9 rings (SSSR count). The molecule has 0 saturated carbocycles. The van der Waals surface area contributed by atoms with Crippen LogP contribution in [0.25, 0.3) is 5.65 Å². The van der Waals surface area contributed by atoms with Crippen LogP contribution in [0.3, 0.4) is 0 Å². The molecule has 14 nitrogen and oxygen atoms in total. The largest absolute Gasteiger partial charge is 0.385 e. The smallest absolute Gasteiger partial charge is 0.269 e. The Morgan fingerprint density at radius 1 is 0.949 bits per heavy atom. The van der Waals surface area contributed by atoms with Gasteiger partial charge in [0.05, 0.1) is 24.3 Å². The van der Waals surface area contributed by atoms with Crippen molar-refractivity contribution in [3.63, 3.8) is 0 Å². The molecule has 3 amide bonds. The number of alkyl halides is 2. The van der Waals surface area contributed by atoms with Crippen molar-refractivity contribution >= 4 is 63.5 Å². The summed E-state index contributed by atoms with van der Waals surface area (Å²) in [6, 6.07) is 14.0. The summed E-state index contributed by atoms with van der Waals surface area (Å²) in [4.78, 5) is 51.7. The zero-order valence-corrected chi connectivity index (χ0v) is 33.9. The first-order chi connectivity index (χ1) is 28.5. The molecule has 59 heavy (non-hydrogen) atoms. The van der Waals surface area contributed by atoms with E-state index in [1.165, 1.54) is 22.0 Å². The number of fused-ring (bicyclic) bond motifs is 2. The third-order valence-corrected chi connectivity index (χ3v) is 13.5. The molecule has 7 heterocycles. The molecular weight excluding hydrogens is 780 g/mol. The Labute approximate surface area is 346 Å². The summed E-state index contributed by atoms with van der Waals surface area (Å²) in [5, 5.41) is 10.9. The number of nitrogens with two attached hydrogens (primary N) is 1. The second-order valence-electron chi connectivity index (χ2n) is 16.5. The molecule has 312 valence electrons. The number of nitrogens with zero attached hydrogens (tertiary/aromatic N) is 8. The summed E-state index contributed by atoms with van der Waals surface area (Å²) >= 11 is 6.50. The molecule has 4 aromatic rings. The number of carbonyl (C=O) groups excluding carboxylic acids is 3. The Balaban J connectivity index is 0.786. The molecule has 0 bridgehead atoms. The predicted molar refractivity (Wildman–Crippen MR) is 223 cm³/mol.